The third kappa shape index (κ3) is 84.8. The van der Waals surface area contributed by atoms with Gasteiger partial charge in [0.05, 0.1) is 40.3 Å². The van der Waals surface area contributed by atoms with Crippen LogP contribution in [0, 0.1) is 0 Å². The number of likely N-dealkylation sites (N-methyl/N-ethyl adjacent to an activating group) is 1. The number of hydrogen-bond acceptors (Lipinski definition) is 8. The van der Waals surface area contributed by atoms with E-state index in [1.807, 2.05) is 21.1 Å². The second kappa shape index (κ2) is 83.3. The molecule has 0 bridgehead atoms. The van der Waals surface area contributed by atoms with E-state index >= 15 is 0 Å². The molecule has 0 radical (unpaired) electrons. The van der Waals surface area contributed by atoms with Gasteiger partial charge in [0, 0.05) is 12.8 Å². The standard InChI is InChI=1S/C94H165NO8/c1-6-8-10-12-14-16-18-20-22-24-26-28-30-32-34-36-38-40-42-44-45-46-47-49-50-52-54-56-58-60-62-64-66-68-70-72-74-76-78-80-82-84-91(96)101-88-90(89-102-94(93(98)99)100-87-86-95(3,4)5)103-92(97)85-83-81-79-77-75-73-71-69-67-65-63-61-59-57-55-53-51-48-43-41-39-37-35-33-31-29-27-25-23-21-19-17-15-13-11-9-7-2/h9,11,15,17-18,20-21,23-24,26-27,29,33,35,39,41,48,51,55,57,90,94H,6-8,10,12-14,16,19,22,25,28,30-32,34,36-38,40,42-47,49-50,52-54,56,58-89H2,1-5H3/b11-9-,17-15-,20-18-,23-21-,26-24-,29-27-,35-33-,41-39-,51-48-,57-55-. The van der Waals surface area contributed by atoms with Gasteiger partial charge in [0.2, 0.25) is 0 Å². The van der Waals surface area contributed by atoms with E-state index in [2.05, 4.69) is 135 Å². The summed E-state index contributed by atoms with van der Waals surface area (Å²) in [5.74, 6) is -2.27. The normalized spacial score (nSPS) is 13.2. The summed E-state index contributed by atoms with van der Waals surface area (Å²) in [6.07, 6.45) is 116. The number of allylic oxidation sites excluding steroid dienone is 20. The summed E-state index contributed by atoms with van der Waals surface area (Å²) in [5, 5.41) is 11.9. The van der Waals surface area contributed by atoms with Gasteiger partial charge in [-0.15, -0.1) is 0 Å². The molecule has 0 rings (SSSR count). The van der Waals surface area contributed by atoms with Gasteiger partial charge in [-0.3, -0.25) is 9.59 Å². The minimum atomic E-state index is -1.63. The van der Waals surface area contributed by atoms with E-state index in [9.17, 15) is 19.5 Å². The molecule has 0 aliphatic carbocycles. The van der Waals surface area contributed by atoms with Crippen molar-refractivity contribution in [2.45, 2.75) is 411 Å². The van der Waals surface area contributed by atoms with Crippen molar-refractivity contribution < 1.29 is 42.9 Å². The third-order valence-corrected chi connectivity index (χ3v) is 19.2. The number of hydrogen-bond donors (Lipinski definition) is 0. The van der Waals surface area contributed by atoms with Crippen LogP contribution in [-0.2, 0) is 33.3 Å². The second-order valence-electron chi connectivity index (χ2n) is 30.4. The summed E-state index contributed by atoms with van der Waals surface area (Å²) in [7, 11) is 5.94. The van der Waals surface area contributed by atoms with E-state index in [1.54, 1.807) is 0 Å². The first-order valence-electron chi connectivity index (χ1n) is 43.7. The van der Waals surface area contributed by atoms with Gasteiger partial charge in [-0.1, -0.05) is 399 Å². The van der Waals surface area contributed by atoms with E-state index in [-0.39, 0.29) is 32.2 Å². The molecule has 0 aromatic heterocycles. The maximum atomic E-state index is 13.0. The highest BCUT2D eigenvalue weighted by Crippen LogP contribution is 2.20. The Kier molecular flexibility index (Phi) is 79.8. The zero-order chi connectivity index (χ0) is 74.6. The molecule has 9 nitrogen and oxygen atoms in total. The lowest BCUT2D eigenvalue weighted by molar-refractivity contribution is -0.870. The Hall–Kier alpha value is -4.31. The minimum Gasteiger partial charge on any atom is -0.545 e. The van der Waals surface area contributed by atoms with Crippen LogP contribution in [-0.4, -0.2) is 82.3 Å². The van der Waals surface area contributed by atoms with Crippen LogP contribution in [0.3, 0.4) is 0 Å². The molecule has 0 amide bonds. The monoisotopic (exact) mass is 1440 g/mol. The van der Waals surface area contributed by atoms with Gasteiger partial charge in [0.15, 0.2) is 12.4 Å². The zero-order valence-electron chi connectivity index (χ0n) is 68.2. The number of nitrogens with zero attached hydrogens (tertiary/aromatic N) is 1. The number of quaternary nitrogens is 1. The number of unbranched alkanes of at least 4 members (excludes halogenated alkanes) is 46. The van der Waals surface area contributed by atoms with E-state index in [4.69, 9.17) is 18.9 Å². The molecule has 9 heteroatoms. The van der Waals surface area contributed by atoms with Crippen LogP contribution in [0.1, 0.15) is 399 Å². The van der Waals surface area contributed by atoms with Gasteiger partial charge in [0.1, 0.15) is 13.2 Å². The molecule has 0 aliphatic rings. The molecule has 0 aromatic carbocycles. The number of carbonyl (C=O) groups is 3. The molecule has 0 N–H and O–H groups in total. The van der Waals surface area contributed by atoms with Crippen molar-refractivity contribution in [3.63, 3.8) is 0 Å². The number of carboxylic acid groups (broad SMARTS) is 1. The summed E-state index contributed by atoms with van der Waals surface area (Å²) in [6, 6.07) is 0. The zero-order valence-corrected chi connectivity index (χ0v) is 68.2. The molecule has 0 saturated heterocycles. The fraction of sp³-hybridized carbons (Fsp3) is 0.755. The Morgan fingerprint density at radius 3 is 0.825 bits per heavy atom. The topological polar surface area (TPSA) is 111 Å². The van der Waals surface area contributed by atoms with Crippen LogP contribution in [0.25, 0.3) is 0 Å². The van der Waals surface area contributed by atoms with E-state index in [0.29, 0.717) is 23.9 Å². The molecular formula is C94H165NO8. The van der Waals surface area contributed by atoms with Crippen LogP contribution < -0.4 is 5.11 Å². The van der Waals surface area contributed by atoms with Gasteiger partial charge < -0.3 is 33.3 Å². The highest BCUT2D eigenvalue weighted by molar-refractivity contribution is 5.70. The largest absolute Gasteiger partial charge is 0.545 e. The van der Waals surface area contributed by atoms with Crippen LogP contribution in [0.2, 0.25) is 0 Å². The SMILES string of the molecule is CC/C=C\C/C=C\C/C=C\C/C=C\C/C=C\C/C=C\C/C=C\C/C=C\CCCCCCCCCCCCCCC(=O)OC(COC(=O)CCCCCCCCCCCCCCCCCCCCCCCCCCCCCCC/C=C\C/C=C\CCCCCCC)COC(OCC[N+](C)(C)C)C(=O)[O-]. The average molecular weight is 1440 g/mol. The predicted octanol–water partition coefficient (Wildman–Crippen LogP) is 27.3. The fourth-order valence-corrected chi connectivity index (χ4v) is 12.6. The first-order chi connectivity index (χ1) is 50.6. The number of esters is 2. The lowest BCUT2D eigenvalue weighted by atomic mass is 10.0. The quantitative estimate of drug-likeness (QED) is 0.0195. The lowest BCUT2D eigenvalue weighted by Gasteiger charge is -2.26. The first kappa shape index (κ1) is 98.7. The third-order valence-electron chi connectivity index (χ3n) is 19.2. The summed E-state index contributed by atoms with van der Waals surface area (Å²) < 4.78 is 22.9. The maximum Gasteiger partial charge on any atom is 0.306 e. The molecule has 0 heterocycles. The predicted molar refractivity (Wildman–Crippen MR) is 444 cm³/mol. The summed E-state index contributed by atoms with van der Waals surface area (Å²) >= 11 is 0. The van der Waals surface area contributed by atoms with Crippen molar-refractivity contribution in [3.8, 4) is 0 Å². The van der Waals surface area contributed by atoms with Crippen molar-refractivity contribution >= 4 is 17.9 Å². The molecule has 0 aliphatic heterocycles. The number of carboxylic acids is 1. The molecule has 0 saturated carbocycles. The molecule has 2 unspecified atom stereocenters. The lowest BCUT2D eigenvalue weighted by Crippen LogP contribution is -2.44. The Labute approximate surface area is 637 Å². The number of rotatable bonds is 81. The van der Waals surface area contributed by atoms with Crippen LogP contribution in [0.5, 0.6) is 0 Å². The molecule has 594 valence electrons. The van der Waals surface area contributed by atoms with Crippen molar-refractivity contribution in [1.82, 2.24) is 0 Å². The highest BCUT2D eigenvalue weighted by Gasteiger charge is 2.22. The molecule has 0 fully saturated rings. The van der Waals surface area contributed by atoms with Crippen LogP contribution >= 0.6 is 0 Å². The molecule has 0 aromatic rings. The fourth-order valence-electron chi connectivity index (χ4n) is 12.6. The Bertz CT molecular complexity index is 2120. The highest BCUT2D eigenvalue weighted by atomic mass is 16.7. The number of carbonyl (C=O) groups excluding carboxylic acids is 3. The van der Waals surface area contributed by atoms with E-state index in [1.165, 1.54) is 270 Å². The Morgan fingerprint density at radius 1 is 0.301 bits per heavy atom. The summed E-state index contributed by atoms with van der Waals surface area (Å²) in [5.41, 5.74) is 0. The van der Waals surface area contributed by atoms with Gasteiger partial charge in [-0.05, 0) is 109 Å². The van der Waals surface area contributed by atoms with Gasteiger partial charge >= 0.3 is 11.9 Å². The number of ether oxygens (including phenoxy) is 4. The van der Waals surface area contributed by atoms with Crippen molar-refractivity contribution in [1.29, 1.82) is 0 Å². The smallest absolute Gasteiger partial charge is 0.306 e. The minimum absolute atomic E-state index is 0.145. The van der Waals surface area contributed by atoms with Gasteiger partial charge in [0.25, 0.3) is 0 Å². The van der Waals surface area contributed by atoms with E-state index < -0.39 is 24.3 Å². The number of aliphatic carboxylic acids is 1. The van der Waals surface area contributed by atoms with Crippen LogP contribution in [0.15, 0.2) is 122 Å². The van der Waals surface area contributed by atoms with Gasteiger partial charge in [-0.2, -0.15) is 0 Å². The summed E-state index contributed by atoms with van der Waals surface area (Å²) in [6.45, 7) is 4.67. The van der Waals surface area contributed by atoms with Gasteiger partial charge in [-0.25, -0.2) is 0 Å². The van der Waals surface area contributed by atoms with Crippen molar-refractivity contribution in [2.75, 3.05) is 47.5 Å². The maximum absolute atomic E-state index is 13.0. The Morgan fingerprint density at radius 2 is 0.553 bits per heavy atom. The average Bonchev–Trinajstić information content (AvgIpc) is 1.16. The Balaban J connectivity index is 3.97. The van der Waals surface area contributed by atoms with E-state index in [0.717, 1.165) is 96.3 Å². The second-order valence-corrected chi connectivity index (χ2v) is 30.4. The van der Waals surface area contributed by atoms with Crippen molar-refractivity contribution in [2.24, 2.45) is 0 Å². The summed E-state index contributed by atoms with van der Waals surface area (Å²) in [4.78, 5) is 37.7. The molecule has 103 heavy (non-hydrogen) atoms. The molecular weight excluding hydrogens is 1270 g/mol. The first-order valence-corrected chi connectivity index (χ1v) is 43.7. The molecule has 0 spiro atoms. The molecule has 2 atom stereocenters. The van der Waals surface area contributed by atoms with Crippen molar-refractivity contribution in [3.05, 3.63) is 122 Å². The van der Waals surface area contributed by atoms with Crippen LogP contribution in [0.4, 0.5) is 0 Å².